The third-order valence-corrected chi connectivity index (χ3v) is 13.0. The number of benzene rings is 2. The summed E-state index contributed by atoms with van der Waals surface area (Å²) in [6.45, 7) is 0.877. The second-order valence-electron chi connectivity index (χ2n) is 16.7. The zero-order valence-electron chi connectivity index (χ0n) is 34.8. The van der Waals surface area contributed by atoms with E-state index in [9.17, 15) is 32.3 Å². The van der Waals surface area contributed by atoms with Crippen LogP contribution < -0.4 is 10.6 Å². The molecule has 2 aliphatic heterocycles. The Morgan fingerprint density at radius 2 is 1.27 bits per heavy atom. The number of halogens is 3. The molecule has 328 valence electrons. The highest BCUT2D eigenvalue weighted by molar-refractivity contribution is 5.89. The maximum absolute atomic E-state index is 14.4. The number of carbonyl (C=O) groups is 4. The molecule has 14 nitrogen and oxygen atoms in total. The number of aromatic nitrogens is 4. The van der Waals surface area contributed by atoms with Gasteiger partial charge in [-0.2, -0.15) is 13.2 Å². The van der Waals surface area contributed by atoms with Gasteiger partial charge in [-0.15, -0.1) is 0 Å². The predicted octanol–water partition coefficient (Wildman–Crippen LogP) is 7.53. The Balaban J connectivity index is 0.987. The van der Waals surface area contributed by atoms with Crippen LogP contribution in [0.5, 0.6) is 0 Å². The van der Waals surface area contributed by atoms with Gasteiger partial charge in [-0.05, 0) is 98.1 Å². The summed E-state index contributed by atoms with van der Waals surface area (Å²) in [5.41, 5.74) is 0.565. The van der Waals surface area contributed by atoms with Crippen molar-refractivity contribution >= 4 is 34.8 Å². The van der Waals surface area contributed by atoms with Crippen LogP contribution >= 0.6 is 0 Å². The number of nitrogens with one attached hydrogen (secondary N) is 4. The van der Waals surface area contributed by atoms with Crippen molar-refractivity contribution in [3.05, 3.63) is 71.2 Å². The van der Waals surface area contributed by atoms with Crippen LogP contribution in [0, 0.1) is 23.7 Å². The summed E-state index contributed by atoms with van der Waals surface area (Å²) in [4.78, 5) is 70.4. The number of carbonyl (C=O) groups excluding carboxylic acids is 4. The molecular formula is C45H51F3N8O6. The van der Waals surface area contributed by atoms with E-state index >= 15 is 0 Å². The number of fused-ring (bicyclic) bond motifs is 1. The van der Waals surface area contributed by atoms with Gasteiger partial charge in [0, 0.05) is 24.2 Å². The fourth-order valence-electron chi connectivity index (χ4n) is 9.83. The van der Waals surface area contributed by atoms with E-state index in [0.717, 1.165) is 86.2 Å². The molecule has 4 fully saturated rings. The fourth-order valence-corrected chi connectivity index (χ4v) is 9.83. The van der Waals surface area contributed by atoms with Crippen LogP contribution in [0.1, 0.15) is 118 Å². The Bertz CT molecular complexity index is 2370. The molecule has 0 bridgehead atoms. The first-order chi connectivity index (χ1) is 29.9. The number of nitrogens with zero attached hydrogens (tertiary/aromatic N) is 4. The minimum Gasteiger partial charge on any atom is -0.453 e. The number of likely N-dealkylation sites (tertiary alicyclic amines) is 2. The van der Waals surface area contributed by atoms with E-state index in [0.29, 0.717) is 37.3 Å². The van der Waals surface area contributed by atoms with Crippen LogP contribution in [0.15, 0.2) is 42.6 Å². The van der Waals surface area contributed by atoms with Gasteiger partial charge in [-0.25, -0.2) is 19.6 Å². The Morgan fingerprint density at radius 3 is 1.84 bits per heavy atom. The summed E-state index contributed by atoms with van der Waals surface area (Å²) >= 11 is 0. The monoisotopic (exact) mass is 856 g/mol. The number of aromatic amines is 2. The molecule has 2 aromatic carbocycles. The molecule has 4 aliphatic rings. The van der Waals surface area contributed by atoms with E-state index in [4.69, 9.17) is 9.47 Å². The minimum atomic E-state index is -4.80. The summed E-state index contributed by atoms with van der Waals surface area (Å²) in [6, 6.07) is 8.68. The van der Waals surface area contributed by atoms with Crippen molar-refractivity contribution < 1.29 is 41.8 Å². The van der Waals surface area contributed by atoms with Gasteiger partial charge in [0.15, 0.2) is 5.69 Å². The SMILES string of the molecule is COC(=O)NC(C(=O)N1CCCC1c1ncc(-c2ccc3cc(C#Cc4[nH]c(C5CCCN5C(=O)C(NC(=O)OC)C5CCCC5)nc4C(F)(F)F)ccc3c2)[nH]1)C1CCCC1. The molecule has 4 unspecified atom stereocenters. The summed E-state index contributed by atoms with van der Waals surface area (Å²) in [5.74, 6) is 5.69. The standard InChI is InChI=1S/C45H51F3N8O6/c1-61-43(59)52-36(27-9-3-4-10-27)41(57)55-21-7-13-34(55)39-49-25-33(51-39)31-19-18-29-23-26(15-17-30(29)24-31)16-20-32-38(45(46,47)48)54-40(50-32)35-14-8-22-56(35)42(58)37(53-44(60)62-2)28-11-5-6-12-28/h15,17-19,23-25,27-28,34-37H,3-14,21-22H2,1-2H3,(H,49,51)(H,50,54)(H,52,59)(H,53,60). The topological polar surface area (TPSA) is 175 Å². The number of H-pyrrole nitrogens is 2. The van der Waals surface area contributed by atoms with Crippen molar-refractivity contribution in [2.24, 2.45) is 11.8 Å². The number of imidazole rings is 2. The Labute approximate surface area is 357 Å². The molecule has 0 radical (unpaired) electrons. The lowest BCUT2D eigenvalue weighted by Gasteiger charge is -2.31. The van der Waals surface area contributed by atoms with Crippen LogP contribution in [0.25, 0.3) is 22.0 Å². The van der Waals surface area contributed by atoms with Gasteiger partial charge in [0.2, 0.25) is 11.8 Å². The number of rotatable bonds is 9. The largest absolute Gasteiger partial charge is 0.453 e. The molecule has 2 saturated heterocycles. The quantitative estimate of drug-likeness (QED) is 0.125. The lowest BCUT2D eigenvalue weighted by molar-refractivity contribution is -0.141. The average Bonchev–Trinajstić information content (AvgIpc) is 4.12. The van der Waals surface area contributed by atoms with E-state index in [1.54, 1.807) is 18.3 Å². The normalized spacial score (nSPS) is 20.5. The summed E-state index contributed by atoms with van der Waals surface area (Å²) < 4.78 is 52.8. The molecule has 4 aromatic rings. The van der Waals surface area contributed by atoms with Crippen LogP contribution in [0.2, 0.25) is 0 Å². The molecule has 2 saturated carbocycles. The van der Waals surface area contributed by atoms with Crippen LogP contribution in [-0.4, -0.2) is 93.1 Å². The van der Waals surface area contributed by atoms with Crippen molar-refractivity contribution in [2.75, 3.05) is 27.3 Å². The Hall–Kier alpha value is -6.05. The van der Waals surface area contributed by atoms with Gasteiger partial charge < -0.3 is 39.9 Å². The second-order valence-corrected chi connectivity index (χ2v) is 16.7. The molecule has 0 spiro atoms. The third-order valence-electron chi connectivity index (χ3n) is 13.0. The van der Waals surface area contributed by atoms with Gasteiger partial charge in [0.05, 0.1) is 38.2 Å². The number of alkyl carbamates (subject to hydrolysis) is 2. The van der Waals surface area contributed by atoms with Crippen molar-refractivity contribution in [1.29, 1.82) is 0 Å². The minimum absolute atomic E-state index is 0.000185. The average molecular weight is 857 g/mol. The Morgan fingerprint density at radius 1 is 0.726 bits per heavy atom. The van der Waals surface area contributed by atoms with Gasteiger partial charge in [-0.3, -0.25) is 9.59 Å². The maximum Gasteiger partial charge on any atom is 0.436 e. The van der Waals surface area contributed by atoms with Crippen LogP contribution in [0.4, 0.5) is 22.8 Å². The maximum atomic E-state index is 14.4. The number of ether oxygens (including phenoxy) is 2. The fraction of sp³-hybridized carbons (Fsp3) is 0.511. The highest BCUT2D eigenvalue weighted by atomic mass is 19.4. The number of hydrogen-bond donors (Lipinski definition) is 4. The molecule has 4 heterocycles. The molecule has 17 heteroatoms. The first kappa shape index (κ1) is 42.6. The molecular weight excluding hydrogens is 806 g/mol. The number of hydrogen-bond acceptors (Lipinski definition) is 8. The Kier molecular flexibility index (Phi) is 12.5. The highest BCUT2D eigenvalue weighted by Crippen LogP contribution is 2.39. The van der Waals surface area contributed by atoms with Crippen molar-refractivity contribution in [1.82, 2.24) is 40.4 Å². The van der Waals surface area contributed by atoms with E-state index in [-0.39, 0.29) is 35.5 Å². The summed E-state index contributed by atoms with van der Waals surface area (Å²) in [6.07, 6.45) is 5.22. The van der Waals surface area contributed by atoms with Gasteiger partial charge in [0.1, 0.15) is 29.4 Å². The number of amides is 4. The smallest absolute Gasteiger partial charge is 0.436 e. The van der Waals surface area contributed by atoms with E-state index in [2.05, 4.69) is 42.4 Å². The molecule has 4 atom stereocenters. The first-order valence-electron chi connectivity index (χ1n) is 21.5. The van der Waals surface area contributed by atoms with Crippen LogP contribution in [-0.2, 0) is 25.2 Å². The van der Waals surface area contributed by atoms with Crippen LogP contribution in [0.3, 0.4) is 0 Å². The van der Waals surface area contributed by atoms with Gasteiger partial charge in [0.25, 0.3) is 0 Å². The lowest BCUT2D eigenvalue weighted by atomic mass is 9.96. The van der Waals surface area contributed by atoms with Crippen molar-refractivity contribution in [2.45, 2.75) is 107 Å². The predicted molar refractivity (Wildman–Crippen MR) is 221 cm³/mol. The lowest BCUT2D eigenvalue weighted by Crippen LogP contribution is -2.51. The molecule has 2 aliphatic carbocycles. The summed E-state index contributed by atoms with van der Waals surface area (Å²) in [7, 11) is 2.51. The zero-order chi connectivity index (χ0) is 43.5. The van der Waals surface area contributed by atoms with Crippen molar-refractivity contribution in [3.8, 4) is 23.1 Å². The van der Waals surface area contributed by atoms with E-state index in [1.165, 1.54) is 19.1 Å². The first-order valence-corrected chi connectivity index (χ1v) is 21.5. The van der Waals surface area contributed by atoms with Gasteiger partial charge >= 0.3 is 18.4 Å². The second kappa shape index (κ2) is 18.1. The summed E-state index contributed by atoms with van der Waals surface area (Å²) in [5, 5.41) is 7.17. The molecule has 2 aromatic heterocycles. The van der Waals surface area contributed by atoms with Crippen molar-refractivity contribution in [3.63, 3.8) is 0 Å². The zero-order valence-corrected chi connectivity index (χ0v) is 34.8. The van der Waals surface area contributed by atoms with E-state index in [1.807, 2.05) is 29.2 Å². The van der Waals surface area contributed by atoms with Gasteiger partial charge in [-0.1, -0.05) is 49.8 Å². The number of methoxy groups -OCH3 is 2. The molecule has 62 heavy (non-hydrogen) atoms. The van der Waals surface area contributed by atoms with E-state index < -0.39 is 47.9 Å². The number of alkyl halides is 3. The third kappa shape index (κ3) is 8.96. The molecule has 4 amide bonds. The molecule has 4 N–H and O–H groups in total. The highest BCUT2D eigenvalue weighted by Gasteiger charge is 2.44. The molecule has 8 rings (SSSR count).